The van der Waals surface area contributed by atoms with Gasteiger partial charge in [-0.15, -0.1) is 0 Å². The lowest BCUT2D eigenvalue weighted by atomic mass is 10.0. The van der Waals surface area contributed by atoms with E-state index >= 15 is 0 Å². The van der Waals surface area contributed by atoms with E-state index in [1.165, 1.54) is 0 Å². The number of carboxylic acid groups (broad SMARTS) is 1. The van der Waals surface area contributed by atoms with Gasteiger partial charge >= 0.3 is 5.97 Å². The number of hydrogen-bond acceptors (Lipinski definition) is 3. The number of carboxylic acids is 1. The number of amides is 1. The maximum Gasteiger partial charge on any atom is 0.326 e. The molecule has 27 heavy (non-hydrogen) atoms. The number of nitrogens with one attached hydrogen (secondary N) is 2. The molecule has 0 fully saturated rings. The van der Waals surface area contributed by atoms with Gasteiger partial charge in [0.1, 0.15) is 17.4 Å². The quantitative estimate of drug-likeness (QED) is 0.508. The standard InChI is InChI=1S/C20H18N4O3/c1-12-6-7-18-22-17(11-24(18)10-12)19(25)23-16(20(26)27)8-13-9-21-15-5-3-2-4-14(13)15/h2-7,9-11,16,21H,8H2,1H3,(H,23,25)(H,26,27)/t16-/m0/s1. The molecule has 0 aliphatic carbocycles. The molecular formula is C20H18N4O3. The van der Waals surface area contributed by atoms with Crippen LogP contribution in [0.5, 0.6) is 0 Å². The lowest BCUT2D eigenvalue weighted by Crippen LogP contribution is -2.42. The molecule has 1 atom stereocenters. The minimum Gasteiger partial charge on any atom is -0.480 e. The van der Waals surface area contributed by atoms with E-state index in [2.05, 4.69) is 15.3 Å². The van der Waals surface area contributed by atoms with Gasteiger partial charge < -0.3 is 19.8 Å². The lowest BCUT2D eigenvalue weighted by molar-refractivity contribution is -0.139. The van der Waals surface area contributed by atoms with Gasteiger partial charge in [0.05, 0.1) is 0 Å². The van der Waals surface area contributed by atoms with Crippen LogP contribution in [0.25, 0.3) is 16.6 Å². The van der Waals surface area contributed by atoms with Gasteiger partial charge in [0, 0.05) is 35.9 Å². The first-order valence-electron chi connectivity index (χ1n) is 8.55. The van der Waals surface area contributed by atoms with Crippen LogP contribution in [0.3, 0.4) is 0 Å². The predicted octanol–water partition coefficient (Wildman–Crippen LogP) is 2.55. The number of aryl methyl sites for hydroxylation is 1. The average Bonchev–Trinajstić information content (AvgIpc) is 3.25. The summed E-state index contributed by atoms with van der Waals surface area (Å²) in [4.78, 5) is 31.6. The number of nitrogens with zero attached hydrogens (tertiary/aromatic N) is 2. The van der Waals surface area contributed by atoms with Gasteiger partial charge in [-0.25, -0.2) is 9.78 Å². The molecule has 0 unspecified atom stereocenters. The average molecular weight is 362 g/mol. The van der Waals surface area contributed by atoms with Crippen LogP contribution in [-0.2, 0) is 11.2 Å². The molecule has 1 amide bonds. The van der Waals surface area contributed by atoms with Crippen LogP contribution in [0.4, 0.5) is 0 Å². The van der Waals surface area contributed by atoms with Crippen molar-refractivity contribution in [2.45, 2.75) is 19.4 Å². The van der Waals surface area contributed by atoms with Crippen LogP contribution in [0.2, 0.25) is 0 Å². The molecule has 3 heterocycles. The van der Waals surface area contributed by atoms with E-state index in [1.807, 2.05) is 49.5 Å². The van der Waals surface area contributed by atoms with Crippen molar-refractivity contribution >= 4 is 28.4 Å². The molecule has 3 N–H and O–H groups in total. The van der Waals surface area contributed by atoms with Crippen molar-refractivity contribution < 1.29 is 14.7 Å². The molecule has 3 aromatic heterocycles. The number of aromatic amines is 1. The van der Waals surface area contributed by atoms with Gasteiger partial charge in [0.2, 0.25) is 0 Å². The third-order valence-corrected chi connectivity index (χ3v) is 4.53. The highest BCUT2D eigenvalue weighted by atomic mass is 16.4. The minimum absolute atomic E-state index is 0.178. The fourth-order valence-electron chi connectivity index (χ4n) is 3.17. The second kappa shape index (κ2) is 6.60. The fourth-order valence-corrected chi connectivity index (χ4v) is 3.17. The summed E-state index contributed by atoms with van der Waals surface area (Å²) in [7, 11) is 0. The van der Waals surface area contributed by atoms with Gasteiger partial charge in [-0.2, -0.15) is 0 Å². The van der Waals surface area contributed by atoms with Gasteiger partial charge in [-0.1, -0.05) is 24.3 Å². The van der Waals surface area contributed by atoms with Gasteiger partial charge in [0.15, 0.2) is 0 Å². The molecule has 136 valence electrons. The maximum absolute atomic E-state index is 12.5. The number of imidazole rings is 1. The number of aromatic nitrogens is 3. The van der Waals surface area contributed by atoms with E-state index in [1.54, 1.807) is 16.8 Å². The Balaban J connectivity index is 1.57. The third kappa shape index (κ3) is 3.27. The van der Waals surface area contributed by atoms with Crippen LogP contribution in [0.1, 0.15) is 21.6 Å². The van der Waals surface area contributed by atoms with Crippen molar-refractivity contribution in [3.8, 4) is 0 Å². The predicted molar refractivity (Wildman–Crippen MR) is 101 cm³/mol. The van der Waals surface area contributed by atoms with Crippen LogP contribution < -0.4 is 5.32 Å². The lowest BCUT2D eigenvalue weighted by Gasteiger charge is -2.13. The summed E-state index contributed by atoms with van der Waals surface area (Å²) in [6.07, 6.45) is 5.42. The SMILES string of the molecule is Cc1ccc2nc(C(=O)N[C@@H](Cc3c[nH]c4ccccc34)C(=O)O)cn2c1. The normalized spacial score (nSPS) is 12.3. The summed E-state index contributed by atoms with van der Waals surface area (Å²) < 4.78 is 1.75. The molecule has 4 aromatic rings. The highest BCUT2D eigenvalue weighted by Gasteiger charge is 2.23. The number of carbonyl (C=O) groups is 2. The first-order valence-corrected chi connectivity index (χ1v) is 8.55. The smallest absolute Gasteiger partial charge is 0.326 e. The highest BCUT2D eigenvalue weighted by Crippen LogP contribution is 2.19. The van der Waals surface area contributed by atoms with E-state index in [0.29, 0.717) is 5.65 Å². The molecule has 1 aromatic carbocycles. The van der Waals surface area contributed by atoms with Crippen molar-refractivity contribution in [3.05, 3.63) is 71.8 Å². The van der Waals surface area contributed by atoms with Gasteiger partial charge in [0.25, 0.3) is 5.91 Å². The number of fused-ring (bicyclic) bond motifs is 2. The first-order chi connectivity index (χ1) is 13.0. The Hall–Kier alpha value is -3.61. The zero-order valence-corrected chi connectivity index (χ0v) is 14.6. The maximum atomic E-state index is 12.5. The summed E-state index contributed by atoms with van der Waals surface area (Å²) in [5.41, 5.74) is 3.62. The summed E-state index contributed by atoms with van der Waals surface area (Å²) in [5.74, 6) is -1.60. The molecule has 7 nitrogen and oxygen atoms in total. The molecule has 0 bridgehead atoms. The Morgan fingerprint density at radius 2 is 2.04 bits per heavy atom. The van der Waals surface area contributed by atoms with Crippen molar-refractivity contribution in [3.63, 3.8) is 0 Å². The number of carbonyl (C=O) groups excluding carboxylic acids is 1. The summed E-state index contributed by atoms with van der Waals surface area (Å²) >= 11 is 0. The number of aliphatic carboxylic acids is 1. The number of rotatable bonds is 5. The van der Waals surface area contributed by atoms with Crippen LogP contribution in [-0.4, -0.2) is 37.4 Å². The second-order valence-electron chi connectivity index (χ2n) is 6.53. The molecule has 0 spiro atoms. The van der Waals surface area contributed by atoms with E-state index in [4.69, 9.17) is 0 Å². The van der Waals surface area contributed by atoms with Crippen LogP contribution >= 0.6 is 0 Å². The fraction of sp³-hybridized carbons (Fsp3) is 0.150. The van der Waals surface area contributed by atoms with E-state index < -0.39 is 17.9 Å². The van der Waals surface area contributed by atoms with Crippen molar-refractivity contribution in [1.82, 2.24) is 19.7 Å². The Labute approximate surface area is 154 Å². The molecule has 0 aliphatic heterocycles. The number of pyridine rings is 1. The molecule has 0 aliphatic rings. The zero-order valence-electron chi connectivity index (χ0n) is 14.6. The monoisotopic (exact) mass is 362 g/mol. The molecule has 4 rings (SSSR count). The zero-order chi connectivity index (χ0) is 19.0. The summed E-state index contributed by atoms with van der Waals surface area (Å²) in [6, 6.07) is 10.3. The van der Waals surface area contributed by atoms with E-state index in [0.717, 1.165) is 22.0 Å². The molecule has 7 heteroatoms. The number of benzene rings is 1. The summed E-state index contributed by atoms with van der Waals surface area (Å²) in [6.45, 7) is 1.95. The Bertz CT molecular complexity index is 1160. The van der Waals surface area contributed by atoms with Crippen molar-refractivity contribution in [2.75, 3.05) is 0 Å². The molecule has 0 saturated heterocycles. The highest BCUT2D eigenvalue weighted by molar-refractivity contribution is 5.95. The van der Waals surface area contributed by atoms with E-state index in [-0.39, 0.29) is 12.1 Å². The number of H-pyrrole nitrogens is 1. The minimum atomic E-state index is -1.09. The summed E-state index contributed by atoms with van der Waals surface area (Å²) in [5, 5.41) is 13.1. The van der Waals surface area contributed by atoms with Crippen LogP contribution in [0.15, 0.2) is 55.0 Å². The number of para-hydroxylation sites is 1. The first kappa shape index (κ1) is 16.8. The topological polar surface area (TPSA) is 99.5 Å². The Morgan fingerprint density at radius 3 is 2.85 bits per heavy atom. The molecule has 0 radical (unpaired) electrons. The number of hydrogen-bond donors (Lipinski definition) is 3. The van der Waals surface area contributed by atoms with Gasteiger partial charge in [-0.3, -0.25) is 4.79 Å². The molecular weight excluding hydrogens is 344 g/mol. The second-order valence-corrected chi connectivity index (χ2v) is 6.53. The largest absolute Gasteiger partial charge is 0.480 e. The molecule has 0 saturated carbocycles. The van der Waals surface area contributed by atoms with Gasteiger partial charge in [-0.05, 0) is 30.2 Å². The Morgan fingerprint density at radius 1 is 1.22 bits per heavy atom. The van der Waals surface area contributed by atoms with Crippen LogP contribution in [0, 0.1) is 6.92 Å². The Kier molecular flexibility index (Phi) is 4.12. The third-order valence-electron chi connectivity index (χ3n) is 4.53. The van der Waals surface area contributed by atoms with E-state index in [9.17, 15) is 14.7 Å². The van der Waals surface area contributed by atoms with Crippen molar-refractivity contribution in [2.24, 2.45) is 0 Å². The van der Waals surface area contributed by atoms with Crippen molar-refractivity contribution in [1.29, 1.82) is 0 Å².